The van der Waals surface area contributed by atoms with E-state index in [-0.39, 0.29) is 23.1 Å². The van der Waals surface area contributed by atoms with E-state index >= 15 is 0 Å². The lowest BCUT2D eigenvalue weighted by Crippen LogP contribution is -2.26. The van der Waals surface area contributed by atoms with Crippen LogP contribution in [0, 0.1) is 11.3 Å². The topological polar surface area (TPSA) is 90.2 Å². The van der Waals surface area contributed by atoms with Crippen molar-refractivity contribution in [2.75, 3.05) is 0 Å². The summed E-state index contributed by atoms with van der Waals surface area (Å²) in [6.07, 6.45) is 0. The number of nitrogens with one attached hydrogen (secondary N) is 1. The van der Waals surface area contributed by atoms with Gasteiger partial charge in [0.1, 0.15) is 0 Å². The van der Waals surface area contributed by atoms with Gasteiger partial charge in [0.05, 0.1) is 23.2 Å². The third-order valence-corrected chi connectivity index (χ3v) is 4.45. The van der Waals surface area contributed by atoms with E-state index in [4.69, 9.17) is 0 Å². The summed E-state index contributed by atoms with van der Waals surface area (Å²) in [6, 6.07) is 22.6. The van der Waals surface area contributed by atoms with Gasteiger partial charge in [-0.05, 0) is 47.9 Å². The molecular weight excluding hydrogens is 352 g/mol. The minimum absolute atomic E-state index is 0.0113. The molecule has 1 amide bonds. The van der Waals surface area contributed by atoms with Gasteiger partial charge in [0, 0.05) is 5.56 Å². The molecule has 0 aliphatic heterocycles. The van der Waals surface area contributed by atoms with Gasteiger partial charge in [0.15, 0.2) is 0 Å². The Bertz CT molecular complexity index is 1070. The highest BCUT2D eigenvalue weighted by molar-refractivity contribution is 5.99. The predicted molar refractivity (Wildman–Crippen MR) is 106 cm³/mol. The van der Waals surface area contributed by atoms with Crippen molar-refractivity contribution in [3.63, 3.8) is 0 Å². The van der Waals surface area contributed by atoms with Gasteiger partial charge in [-0.15, -0.1) is 0 Å². The number of benzene rings is 3. The summed E-state index contributed by atoms with van der Waals surface area (Å²) in [5.74, 6) is -1.52. The van der Waals surface area contributed by atoms with Gasteiger partial charge >= 0.3 is 5.97 Å². The zero-order chi connectivity index (χ0) is 20.1. The van der Waals surface area contributed by atoms with Gasteiger partial charge in [0.25, 0.3) is 5.91 Å². The summed E-state index contributed by atoms with van der Waals surface area (Å²) in [5.41, 5.74) is 2.66. The van der Waals surface area contributed by atoms with Crippen LogP contribution in [-0.4, -0.2) is 17.0 Å². The number of carbonyl (C=O) groups excluding carboxylic acids is 1. The first-order valence-electron chi connectivity index (χ1n) is 8.73. The van der Waals surface area contributed by atoms with Crippen molar-refractivity contribution >= 4 is 11.9 Å². The fourth-order valence-corrected chi connectivity index (χ4v) is 2.98. The average Bonchev–Trinajstić information content (AvgIpc) is 2.73. The molecule has 0 aliphatic carbocycles. The number of rotatable bonds is 5. The molecule has 3 aromatic rings. The normalized spacial score (nSPS) is 11.3. The minimum Gasteiger partial charge on any atom is -0.478 e. The van der Waals surface area contributed by atoms with Crippen molar-refractivity contribution < 1.29 is 14.7 Å². The van der Waals surface area contributed by atoms with E-state index in [1.165, 1.54) is 12.1 Å². The third-order valence-electron chi connectivity index (χ3n) is 4.45. The molecule has 0 unspecified atom stereocenters. The Morgan fingerprint density at radius 3 is 2.29 bits per heavy atom. The summed E-state index contributed by atoms with van der Waals surface area (Å²) in [6.45, 7) is 1.86. The zero-order valence-electron chi connectivity index (χ0n) is 15.2. The molecule has 0 bridgehead atoms. The molecule has 0 spiro atoms. The maximum atomic E-state index is 12.8. The molecule has 5 heteroatoms. The van der Waals surface area contributed by atoms with Gasteiger partial charge in [-0.25, -0.2) is 4.79 Å². The second kappa shape index (κ2) is 8.19. The molecule has 0 aliphatic rings. The lowest BCUT2D eigenvalue weighted by molar-refractivity contribution is 0.0697. The molecule has 3 rings (SSSR count). The Morgan fingerprint density at radius 2 is 1.61 bits per heavy atom. The van der Waals surface area contributed by atoms with Crippen LogP contribution >= 0.6 is 0 Å². The standard InChI is InChI=1S/C23H18N2O3/c1-15(16-7-3-2-4-8-16)25-22(26)19-11-18(12-20(13-19)23(27)28)21-10-6-5-9-17(21)14-24/h2-13,15H,1H3,(H,25,26)(H,27,28)/t15-/m1/s1. The van der Waals surface area contributed by atoms with E-state index in [2.05, 4.69) is 11.4 Å². The van der Waals surface area contributed by atoms with Gasteiger partial charge < -0.3 is 10.4 Å². The zero-order valence-corrected chi connectivity index (χ0v) is 15.2. The summed E-state index contributed by atoms with van der Waals surface area (Å²) in [4.78, 5) is 24.3. The van der Waals surface area contributed by atoms with Gasteiger partial charge in [-0.2, -0.15) is 5.26 Å². The van der Waals surface area contributed by atoms with Gasteiger partial charge in [-0.3, -0.25) is 4.79 Å². The number of hydrogen-bond acceptors (Lipinski definition) is 3. The first-order valence-corrected chi connectivity index (χ1v) is 8.73. The van der Waals surface area contributed by atoms with Crippen LogP contribution in [-0.2, 0) is 0 Å². The number of carboxylic acids is 1. The van der Waals surface area contributed by atoms with Gasteiger partial charge in [0.2, 0.25) is 0 Å². The Morgan fingerprint density at radius 1 is 0.964 bits per heavy atom. The van der Waals surface area contributed by atoms with E-state index in [9.17, 15) is 20.0 Å². The SMILES string of the molecule is C[C@@H](NC(=O)c1cc(C(=O)O)cc(-c2ccccc2C#N)c1)c1ccccc1. The maximum Gasteiger partial charge on any atom is 0.335 e. The van der Waals surface area contributed by atoms with Crippen LogP contribution in [0.2, 0.25) is 0 Å². The van der Waals surface area contributed by atoms with Crippen LogP contribution in [0.3, 0.4) is 0 Å². The number of aromatic carboxylic acids is 1. The molecule has 0 saturated heterocycles. The number of hydrogen-bond donors (Lipinski definition) is 2. The summed E-state index contributed by atoms with van der Waals surface area (Å²) < 4.78 is 0. The molecule has 0 saturated carbocycles. The van der Waals surface area contributed by atoms with E-state index in [0.29, 0.717) is 16.7 Å². The number of amides is 1. The molecule has 1 atom stereocenters. The highest BCUT2D eigenvalue weighted by Gasteiger charge is 2.16. The van der Waals surface area contributed by atoms with Crippen LogP contribution in [0.25, 0.3) is 11.1 Å². The molecule has 0 fully saturated rings. The Balaban J connectivity index is 1.99. The van der Waals surface area contributed by atoms with Crippen LogP contribution in [0.15, 0.2) is 72.8 Å². The smallest absolute Gasteiger partial charge is 0.335 e. The van der Waals surface area contributed by atoms with Gasteiger partial charge in [-0.1, -0.05) is 48.5 Å². The quantitative estimate of drug-likeness (QED) is 0.696. The van der Waals surface area contributed by atoms with Crippen molar-refractivity contribution in [1.29, 1.82) is 5.26 Å². The van der Waals surface area contributed by atoms with Crippen molar-refractivity contribution in [2.24, 2.45) is 0 Å². The minimum atomic E-state index is -1.14. The molecule has 28 heavy (non-hydrogen) atoms. The second-order valence-electron chi connectivity index (χ2n) is 6.37. The average molecular weight is 370 g/mol. The highest BCUT2D eigenvalue weighted by atomic mass is 16.4. The lowest BCUT2D eigenvalue weighted by Gasteiger charge is -2.15. The van der Waals surface area contributed by atoms with E-state index < -0.39 is 5.97 Å². The van der Waals surface area contributed by atoms with Crippen LogP contribution in [0.5, 0.6) is 0 Å². The van der Waals surface area contributed by atoms with Crippen molar-refractivity contribution in [3.8, 4) is 17.2 Å². The largest absolute Gasteiger partial charge is 0.478 e. The second-order valence-corrected chi connectivity index (χ2v) is 6.37. The van der Waals surface area contributed by atoms with Crippen LogP contribution in [0.1, 0.15) is 44.8 Å². The monoisotopic (exact) mass is 370 g/mol. The Hall–Kier alpha value is -3.91. The molecule has 0 heterocycles. The molecule has 138 valence electrons. The molecule has 5 nitrogen and oxygen atoms in total. The van der Waals surface area contributed by atoms with Crippen molar-refractivity contribution in [2.45, 2.75) is 13.0 Å². The first-order chi connectivity index (χ1) is 13.5. The lowest BCUT2D eigenvalue weighted by atomic mass is 9.96. The fourth-order valence-electron chi connectivity index (χ4n) is 2.98. The summed E-state index contributed by atoms with van der Waals surface area (Å²) in [5, 5.41) is 21.7. The van der Waals surface area contributed by atoms with Crippen LogP contribution < -0.4 is 5.32 Å². The summed E-state index contributed by atoms with van der Waals surface area (Å²) in [7, 11) is 0. The molecule has 0 aromatic heterocycles. The molecular formula is C23H18N2O3. The van der Waals surface area contributed by atoms with Crippen molar-refractivity contribution in [3.05, 3.63) is 95.1 Å². The Labute approximate surface area is 162 Å². The van der Waals surface area contributed by atoms with E-state index in [1.54, 1.807) is 30.3 Å². The molecule has 2 N–H and O–H groups in total. The maximum absolute atomic E-state index is 12.8. The molecule has 3 aromatic carbocycles. The fraction of sp³-hybridized carbons (Fsp3) is 0.0870. The number of carbonyl (C=O) groups is 2. The van der Waals surface area contributed by atoms with E-state index in [1.807, 2.05) is 37.3 Å². The molecule has 0 radical (unpaired) electrons. The predicted octanol–water partition coefficient (Wildman–Crippen LogP) is 4.41. The Kier molecular flexibility index (Phi) is 5.52. The van der Waals surface area contributed by atoms with Crippen LogP contribution in [0.4, 0.5) is 0 Å². The first kappa shape index (κ1) is 18.9. The number of nitrogens with zero attached hydrogens (tertiary/aromatic N) is 1. The number of carboxylic acid groups (broad SMARTS) is 1. The highest BCUT2D eigenvalue weighted by Crippen LogP contribution is 2.26. The number of nitriles is 1. The third kappa shape index (κ3) is 4.08. The van der Waals surface area contributed by atoms with E-state index in [0.717, 1.165) is 5.56 Å². The summed E-state index contributed by atoms with van der Waals surface area (Å²) >= 11 is 0. The van der Waals surface area contributed by atoms with Crippen molar-refractivity contribution in [1.82, 2.24) is 5.32 Å².